The van der Waals surface area contributed by atoms with Crippen LogP contribution in [-0.4, -0.2) is 37.1 Å². The number of fused-ring (bicyclic) bond motifs is 1. The van der Waals surface area contributed by atoms with Gasteiger partial charge in [-0.1, -0.05) is 17.7 Å². The molecule has 3 heteroatoms. The third-order valence-corrected chi connectivity index (χ3v) is 4.33. The van der Waals surface area contributed by atoms with E-state index in [1.807, 2.05) is 0 Å². The molecule has 2 aliphatic rings. The quantitative estimate of drug-likeness (QED) is 0.756. The summed E-state index contributed by atoms with van der Waals surface area (Å²) in [6.07, 6.45) is 2.71. The third-order valence-electron chi connectivity index (χ3n) is 4.03. The van der Waals surface area contributed by atoms with Gasteiger partial charge in [0.1, 0.15) is 0 Å². The number of anilines is 1. The molecular weight excluding hydrogens is 232 g/mol. The Hall–Kier alpha value is -0.730. The van der Waals surface area contributed by atoms with E-state index >= 15 is 0 Å². The number of nitrogens with zero attached hydrogens (tertiary/aromatic N) is 2. The van der Waals surface area contributed by atoms with E-state index in [9.17, 15) is 0 Å². The van der Waals surface area contributed by atoms with Gasteiger partial charge in [0.15, 0.2) is 0 Å². The molecule has 0 amide bonds. The molecule has 0 N–H and O–H groups in total. The molecule has 2 fully saturated rings. The average Bonchev–Trinajstić information content (AvgIpc) is 2.75. The van der Waals surface area contributed by atoms with Crippen LogP contribution in [0.4, 0.5) is 5.69 Å². The SMILES string of the molecule is Cc1ccc(N2CCN3CCCC3C2)c(Cl)c1. The second-order valence-electron chi connectivity index (χ2n) is 5.23. The molecule has 0 radical (unpaired) electrons. The maximum Gasteiger partial charge on any atom is 0.0642 e. The minimum absolute atomic E-state index is 0.751. The zero-order valence-corrected chi connectivity index (χ0v) is 11.1. The molecule has 1 aromatic rings. The summed E-state index contributed by atoms with van der Waals surface area (Å²) >= 11 is 6.35. The summed E-state index contributed by atoms with van der Waals surface area (Å²) in [7, 11) is 0. The standard InChI is InChI=1S/C14H19ClN2/c1-11-4-5-14(13(15)9-11)17-8-7-16-6-2-3-12(16)10-17/h4-5,9,12H,2-3,6-8,10H2,1H3. The van der Waals surface area contributed by atoms with Crippen LogP contribution >= 0.6 is 11.6 Å². The van der Waals surface area contributed by atoms with Crippen molar-refractivity contribution in [3.8, 4) is 0 Å². The van der Waals surface area contributed by atoms with E-state index in [2.05, 4.69) is 34.9 Å². The van der Waals surface area contributed by atoms with Crippen LogP contribution in [-0.2, 0) is 0 Å². The Bertz CT molecular complexity index is 419. The van der Waals surface area contributed by atoms with Crippen LogP contribution < -0.4 is 4.90 Å². The maximum absolute atomic E-state index is 6.35. The minimum atomic E-state index is 0.751. The van der Waals surface area contributed by atoms with E-state index in [0.29, 0.717) is 0 Å². The van der Waals surface area contributed by atoms with E-state index in [1.165, 1.54) is 37.2 Å². The minimum Gasteiger partial charge on any atom is -0.367 e. The Labute approximate surface area is 108 Å². The number of rotatable bonds is 1. The second kappa shape index (κ2) is 4.51. The smallest absolute Gasteiger partial charge is 0.0642 e. The van der Waals surface area contributed by atoms with Gasteiger partial charge in [-0.2, -0.15) is 0 Å². The molecule has 1 aromatic carbocycles. The Morgan fingerprint density at radius 3 is 2.94 bits per heavy atom. The van der Waals surface area contributed by atoms with E-state index in [0.717, 1.165) is 24.2 Å². The highest BCUT2D eigenvalue weighted by Gasteiger charge is 2.30. The van der Waals surface area contributed by atoms with Gasteiger partial charge in [-0.05, 0) is 44.0 Å². The van der Waals surface area contributed by atoms with Crippen LogP contribution in [0.2, 0.25) is 5.02 Å². The number of hydrogen-bond acceptors (Lipinski definition) is 2. The van der Waals surface area contributed by atoms with Crippen molar-refractivity contribution in [1.82, 2.24) is 4.90 Å². The Kier molecular flexibility index (Phi) is 3.01. The zero-order chi connectivity index (χ0) is 11.8. The molecule has 1 atom stereocenters. The number of aryl methyl sites for hydroxylation is 1. The predicted molar refractivity (Wildman–Crippen MR) is 73.0 cm³/mol. The van der Waals surface area contributed by atoms with Crippen LogP contribution in [0.3, 0.4) is 0 Å². The first-order chi connectivity index (χ1) is 8.24. The molecule has 0 spiro atoms. The van der Waals surface area contributed by atoms with E-state index in [4.69, 9.17) is 11.6 Å². The van der Waals surface area contributed by atoms with Gasteiger partial charge in [-0.15, -0.1) is 0 Å². The first-order valence-electron chi connectivity index (χ1n) is 6.49. The Balaban J connectivity index is 1.80. The third kappa shape index (κ3) is 2.16. The number of benzene rings is 1. The molecule has 1 unspecified atom stereocenters. The van der Waals surface area contributed by atoms with Gasteiger partial charge in [-0.25, -0.2) is 0 Å². The highest BCUT2D eigenvalue weighted by atomic mass is 35.5. The van der Waals surface area contributed by atoms with Crippen LogP contribution in [0.15, 0.2) is 18.2 Å². The van der Waals surface area contributed by atoms with Crippen molar-refractivity contribution in [1.29, 1.82) is 0 Å². The predicted octanol–water partition coefficient (Wildman–Crippen LogP) is 2.93. The van der Waals surface area contributed by atoms with Crippen LogP contribution in [0.5, 0.6) is 0 Å². The van der Waals surface area contributed by atoms with Gasteiger partial charge < -0.3 is 4.90 Å². The molecule has 0 bridgehead atoms. The normalized spacial score (nSPS) is 25.1. The molecular formula is C14H19ClN2. The van der Waals surface area contributed by atoms with Crippen molar-refractivity contribution in [2.24, 2.45) is 0 Å². The number of hydrogen-bond donors (Lipinski definition) is 0. The van der Waals surface area contributed by atoms with Crippen molar-refractivity contribution >= 4 is 17.3 Å². The van der Waals surface area contributed by atoms with Crippen molar-refractivity contribution < 1.29 is 0 Å². The lowest BCUT2D eigenvalue weighted by molar-refractivity contribution is 0.231. The molecule has 0 aromatic heterocycles. The molecule has 0 aliphatic carbocycles. The number of halogens is 1. The fraction of sp³-hybridized carbons (Fsp3) is 0.571. The second-order valence-corrected chi connectivity index (χ2v) is 5.64. The van der Waals surface area contributed by atoms with Gasteiger partial charge >= 0.3 is 0 Å². The molecule has 0 saturated carbocycles. The molecule has 2 nitrogen and oxygen atoms in total. The van der Waals surface area contributed by atoms with Crippen molar-refractivity contribution in [2.75, 3.05) is 31.1 Å². The van der Waals surface area contributed by atoms with E-state index in [-0.39, 0.29) is 0 Å². The lowest BCUT2D eigenvalue weighted by Crippen LogP contribution is -2.50. The number of piperazine rings is 1. The van der Waals surface area contributed by atoms with E-state index in [1.54, 1.807) is 0 Å². The summed E-state index contributed by atoms with van der Waals surface area (Å²) in [5.41, 5.74) is 2.45. The summed E-state index contributed by atoms with van der Waals surface area (Å²) in [6, 6.07) is 7.14. The largest absolute Gasteiger partial charge is 0.367 e. The molecule has 92 valence electrons. The van der Waals surface area contributed by atoms with E-state index < -0.39 is 0 Å². The fourth-order valence-electron chi connectivity index (χ4n) is 3.08. The Morgan fingerprint density at radius 2 is 2.12 bits per heavy atom. The van der Waals surface area contributed by atoms with Gasteiger partial charge in [0.25, 0.3) is 0 Å². The average molecular weight is 251 g/mol. The first-order valence-corrected chi connectivity index (χ1v) is 6.87. The molecule has 2 heterocycles. The highest BCUT2D eigenvalue weighted by Crippen LogP contribution is 2.30. The fourth-order valence-corrected chi connectivity index (χ4v) is 3.43. The van der Waals surface area contributed by atoms with Gasteiger partial charge in [0.2, 0.25) is 0 Å². The zero-order valence-electron chi connectivity index (χ0n) is 10.3. The first kappa shape index (κ1) is 11.4. The lowest BCUT2D eigenvalue weighted by atomic mass is 10.1. The lowest BCUT2D eigenvalue weighted by Gasteiger charge is -2.39. The molecule has 2 aliphatic heterocycles. The molecule has 17 heavy (non-hydrogen) atoms. The van der Waals surface area contributed by atoms with Crippen LogP contribution in [0, 0.1) is 6.92 Å². The summed E-state index contributed by atoms with van der Waals surface area (Å²) in [5, 5.41) is 0.899. The summed E-state index contributed by atoms with van der Waals surface area (Å²) in [4.78, 5) is 5.08. The Morgan fingerprint density at radius 1 is 1.24 bits per heavy atom. The van der Waals surface area contributed by atoms with Crippen molar-refractivity contribution in [3.63, 3.8) is 0 Å². The summed E-state index contributed by atoms with van der Waals surface area (Å²) < 4.78 is 0. The van der Waals surface area contributed by atoms with Crippen LogP contribution in [0.1, 0.15) is 18.4 Å². The summed E-state index contributed by atoms with van der Waals surface area (Å²) in [5.74, 6) is 0. The van der Waals surface area contributed by atoms with Crippen molar-refractivity contribution in [2.45, 2.75) is 25.8 Å². The van der Waals surface area contributed by atoms with Gasteiger partial charge in [0.05, 0.1) is 10.7 Å². The van der Waals surface area contributed by atoms with Crippen molar-refractivity contribution in [3.05, 3.63) is 28.8 Å². The maximum atomic E-state index is 6.35. The van der Waals surface area contributed by atoms with Crippen LogP contribution in [0.25, 0.3) is 0 Å². The molecule has 2 saturated heterocycles. The molecule has 3 rings (SSSR count). The summed E-state index contributed by atoms with van der Waals surface area (Å²) in [6.45, 7) is 6.82. The monoisotopic (exact) mass is 250 g/mol. The highest BCUT2D eigenvalue weighted by molar-refractivity contribution is 6.33. The topological polar surface area (TPSA) is 6.48 Å². The van der Waals surface area contributed by atoms with Gasteiger partial charge in [-0.3, -0.25) is 4.90 Å². The van der Waals surface area contributed by atoms with Gasteiger partial charge in [0, 0.05) is 25.7 Å².